The maximum atomic E-state index is 13.5. The molecule has 2 aromatic carbocycles. The zero-order valence-corrected chi connectivity index (χ0v) is 21.5. The lowest BCUT2D eigenvalue weighted by Crippen LogP contribution is -2.48. The van der Waals surface area contributed by atoms with E-state index in [2.05, 4.69) is 16.4 Å². The number of carbonyl (C=O) groups excluding carboxylic acids is 2. The van der Waals surface area contributed by atoms with Crippen molar-refractivity contribution in [1.82, 2.24) is 20.1 Å². The summed E-state index contributed by atoms with van der Waals surface area (Å²) in [6, 6.07) is 13.4. The average molecular weight is 497 g/mol. The summed E-state index contributed by atoms with van der Waals surface area (Å²) in [5, 5.41) is 3.92. The van der Waals surface area contributed by atoms with Crippen molar-refractivity contribution in [3.8, 4) is 11.5 Å². The van der Waals surface area contributed by atoms with Crippen LogP contribution in [-0.4, -0.2) is 80.8 Å². The molecule has 0 saturated heterocycles. The highest BCUT2D eigenvalue weighted by atomic mass is 16.5. The molecule has 2 N–H and O–H groups in total. The summed E-state index contributed by atoms with van der Waals surface area (Å²) in [5.74, 6) is 1.08. The first kappa shape index (κ1) is 26.9. The van der Waals surface area contributed by atoms with E-state index in [0.717, 1.165) is 22.0 Å². The minimum Gasteiger partial charge on any atom is -0.493 e. The van der Waals surface area contributed by atoms with E-state index in [1.165, 1.54) is 4.90 Å². The molecule has 3 aromatic rings. The number of carbonyl (C=O) groups is 2. The summed E-state index contributed by atoms with van der Waals surface area (Å²) < 4.78 is 15.9. The van der Waals surface area contributed by atoms with Gasteiger partial charge in [-0.15, -0.1) is 0 Å². The van der Waals surface area contributed by atoms with Gasteiger partial charge in [-0.05, 0) is 42.7 Å². The van der Waals surface area contributed by atoms with E-state index in [1.807, 2.05) is 49.5 Å². The Bertz CT molecular complexity index is 1150. The maximum Gasteiger partial charge on any atom is 0.317 e. The lowest BCUT2D eigenvalue weighted by Gasteiger charge is -2.28. The van der Waals surface area contributed by atoms with Crippen molar-refractivity contribution >= 4 is 22.8 Å². The predicted octanol–water partition coefficient (Wildman–Crippen LogP) is 3.43. The standard InChI is InChI=1S/C27H36N4O5/c1-5-28-27(33)31(14-15-34-2)19-26(32)30(18-20-10-11-24(35-3)25(16-20)36-4)13-12-21-17-29-23-9-7-6-8-22(21)23/h6-11,16-17,29H,5,12-15,18-19H2,1-4H3,(H,28,33). The van der Waals surface area contributed by atoms with Gasteiger partial charge in [0.25, 0.3) is 0 Å². The largest absolute Gasteiger partial charge is 0.493 e. The van der Waals surface area contributed by atoms with Crippen LogP contribution in [0.3, 0.4) is 0 Å². The molecule has 0 aliphatic heterocycles. The van der Waals surface area contributed by atoms with Crippen LogP contribution in [0, 0.1) is 0 Å². The highest BCUT2D eigenvalue weighted by molar-refractivity contribution is 5.85. The molecule has 0 fully saturated rings. The first-order valence-corrected chi connectivity index (χ1v) is 12.1. The van der Waals surface area contributed by atoms with Gasteiger partial charge in [0.1, 0.15) is 6.54 Å². The summed E-state index contributed by atoms with van der Waals surface area (Å²) in [5.41, 5.74) is 3.10. The second-order valence-electron chi connectivity index (χ2n) is 8.36. The molecule has 0 spiro atoms. The van der Waals surface area contributed by atoms with E-state index < -0.39 is 0 Å². The van der Waals surface area contributed by atoms with Crippen LogP contribution in [0.15, 0.2) is 48.7 Å². The Balaban J connectivity index is 1.82. The number of methoxy groups -OCH3 is 3. The highest BCUT2D eigenvalue weighted by Gasteiger charge is 2.22. The minimum absolute atomic E-state index is 0.0453. The third kappa shape index (κ3) is 6.91. The van der Waals surface area contributed by atoms with E-state index in [9.17, 15) is 9.59 Å². The number of urea groups is 1. The van der Waals surface area contributed by atoms with Crippen molar-refractivity contribution in [2.75, 3.05) is 54.1 Å². The van der Waals surface area contributed by atoms with Crippen molar-refractivity contribution in [3.63, 3.8) is 0 Å². The second kappa shape index (κ2) is 13.4. The number of aromatic nitrogens is 1. The number of para-hydroxylation sites is 1. The smallest absolute Gasteiger partial charge is 0.317 e. The Morgan fingerprint density at radius 2 is 1.75 bits per heavy atom. The SMILES string of the molecule is CCNC(=O)N(CCOC)CC(=O)N(CCc1c[nH]c2ccccc12)Cc1ccc(OC)c(OC)c1. The number of hydrogen-bond acceptors (Lipinski definition) is 5. The van der Waals surface area contributed by atoms with Crippen molar-refractivity contribution < 1.29 is 23.8 Å². The van der Waals surface area contributed by atoms with Gasteiger partial charge in [-0.2, -0.15) is 0 Å². The van der Waals surface area contributed by atoms with E-state index in [0.29, 0.717) is 50.7 Å². The van der Waals surface area contributed by atoms with E-state index in [1.54, 1.807) is 26.2 Å². The number of aromatic amines is 1. The zero-order chi connectivity index (χ0) is 25.9. The third-order valence-electron chi connectivity index (χ3n) is 6.01. The zero-order valence-electron chi connectivity index (χ0n) is 21.5. The number of fused-ring (bicyclic) bond motifs is 1. The van der Waals surface area contributed by atoms with Crippen LogP contribution in [0.2, 0.25) is 0 Å². The molecule has 3 amide bonds. The van der Waals surface area contributed by atoms with Gasteiger partial charge in [-0.25, -0.2) is 4.79 Å². The first-order valence-electron chi connectivity index (χ1n) is 12.1. The second-order valence-corrected chi connectivity index (χ2v) is 8.36. The van der Waals surface area contributed by atoms with Gasteiger partial charge in [0.2, 0.25) is 5.91 Å². The van der Waals surface area contributed by atoms with Crippen molar-refractivity contribution in [3.05, 3.63) is 59.8 Å². The molecular weight excluding hydrogens is 460 g/mol. The molecule has 0 saturated carbocycles. The first-order chi connectivity index (χ1) is 17.5. The number of benzene rings is 2. The van der Waals surface area contributed by atoms with Crippen LogP contribution in [0.1, 0.15) is 18.1 Å². The molecule has 9 nitrogen and oxygen atoms in total. The molecule has 0 radical (unpaired) electrons. The minimum atomic E-state index is -0.286. The Hall–Kier alpha value is -3.72. The molecule has 1 aromatic heterocycles. The van der Waals surface area contributed by atoms with Crippen LogP contribution in [0.4, 0.5) is 4.79 Å². The normalized spacial score (nSPS) is 10.8. The topological polar surface area (TPSA) is 96.1 Å². The van der Waals surface area contributed by atoms with Crippen LogP contribution in [0.25, 0.3) is 10.9 Å². The number of nitrogens with one attached hydrogen (secondary N) is 2. The number of nitrogens with zero attached hydrogens (tertiary/aromatic N) is 2. The molecule has 36 heavy (non-hydrogen) atoms. The monoisotopic (exact) mass is 496 g/mol. The highest BCUT2D eigenvalue weighted by Crippen LogP contribution is 2.28. The predicted molar refractivity (Wildman–Crippen MR) is 139 cm³/mol. The van der Waals surface area contributed by atoms with Gasteiger partial charge >= 0.3 is 6.03 Å². The summed E-state index contributed by atoms with van der Waals surface area (Å²) >= 11 is 0. The summed E-state index contributed by atoms with van der Waals surface area (Å²) in [6.07, 6.45) is 2.66. The van der Waals surface area contributed by atoms with Crippen LogP contribution < -0.4 is 14.8 Å². The van der Waals surface area contributed by atoms with Gasteiger partial charge in [-0.3, -0.25) is 4.79 Å². The summed E-state index contributed by atoms with van der Waals surface area (Å²) in [6.45, 7) is 3.80. The molecule has 1 heterocycles. The van der Waals surface area contributed by atoms with Gasteiger partial charge in [0, 0.05) is 50.4 Å². The van der Waals surface area contributed by atoms with Crippen molar-refractivity contribution in [2.24, 2.45) is 0 Å². The molecule has 194 valence electrons. The quantitative estimate of drug-likeness (QED) is 0.378. The van der Waals surface area contributed by atoms with E-state index in [4.69, 9.17) is 14.2 Å². The fraction of sp³-hybridized carbons (Fsp3) is 0.407. The molecule has 0 atom stereocenters. The van der Waals surface area contributed by atoms with Gasteiger partial charge < -0.3 is 34.3 Å². The van der Waals surface area contributed by atoms with Gasteiger partial charge in [0.15, 0.2) is 11.5 Å². The number of H-pyrrole nitrogens is 1. The Kier molecular flexibility index (Phi) is 10.00. The Morgan fingerprint density at radius 1 is 0.972 bits per heavy atom. The average Bonchev–Trinajstić information content (AvgIpc) is 3.31. The molecule has 0 unspecified atom stereocenters. The van der Waals surface area contributed by atoms with Crippen LogP contribution in [0.5, 0.6) is 11.5 Å². The fourth-order valence-electron chi connectivity index (χ4n) is 4.07. The molecule has 0 aliphatic carbocycles. The number of amides is 3. The van der Waals surface area contributed by atoms with Crippen molar-refractivity contribution in [2.45, 2.75) is 19.9 Å². The fourth-order valence-corrected chi connectivity index (χ4v) is 4.07. The van der Waals surface area contributed by atoms with Gasteiger partial charge in [0.05, 0.1) is 20.8 Å². The molecule has 9 heteroatoms. The lowest BCUT2D eigenvalue weighted by atomic mass is 10.1. The number of rotatable bonds is 13. The summed E-state index contributed by atoms with van der Waals surface area (Å²) in [4.78, 5) is 32.7. The van der Waals surface area contributed by atoms with Crippen LogP contribution in [-0.2, 0) is 22.5 Å². The third-order valence-corrected chi connectivity index (χ3v) is 6.01. The van der Waals surface area contributed by atoms with Gasteiger partial charge in [-0.1, -0.05) is 24.3 Å². The molecule has 0 bridgehead atoms. The molecule has 3 rings (SSSR count). The lowest BCUT2D eigenvalue weighted by molar-refractivity contribution is -0.132. The summed E-state index contributed by atoms with van der Waals surface area (Å²) in [7, 11) is 4.74. The van der Waals surface area contributed by atoms with Crippen LogP contribution >= 0.6 is 0 Å². The Labute approximate surface area is 212 Å². The Morgan fingerprint density at radius 3 is 2.47 bits per heavy atom. The molecular formula is C27H36N4O5. The maximum absolute atomic E-state index is 13.5. The van der Waals surface area contributed by atoms with E-state index >= 15 is 0 Å². The van der Waals surface area contributed by atoms with E-state index in [-0.39, 0.29) is 18.5 Å². The molecule has 0 aliphatic rings. The number of ether oxygens (including phenoxy) is 3. The number of hydrogen-bond donors (Lipinski definition) is 2. The van der Waals surface area contributed by atoms with Crippen molar-refractivity contribution in [1.29, 1.82) is 0 Å².